The Bertz CT molecular complexity index is 1210. The van der Waals surface area contributed by atoms with Crippen LogP contribution in [0.2, 0.25) is 0 Å². The van der Waals surface area contributed by atoms with Crippen LogP contribution in [0.3, 0.4) is 0 Å². The largest absolute Gasteiger partial charge is 0.504 e. The van der Waals surface area contributed by atoms with Crippen molar-refractivity contribution in [3.05, 3.63) is 59.2 Å². The first-order chi connectivity index (χ1) is 19.0. The van der Waals surface area contributed by atoms with E-state index in [9.17, 15) is 40.2 Å². The lowest BCUT2D eigenvalue weighted by atomic mass is 9.98. The molecule has 0 aliphatic carbocycles. The van der Waals surface area contributed by atoms with Crippen LogP contribution in [0.25, 0.3) is 0 Å². The second-order valence-corrected chi connectivity index (χ2v) is 9.17. The van der Waals surface area contributed by atoms with Crippen LogP contribution in [0.15, 0.2) is 48.0 Å². The Kier molecular flexibility index (Phi) is 10.7. The van der Waals surface area contributed by atoms with E-state index in [4.69, 9.17) is 24.1 Å². The summed E-state index contributed by atoms with van der Waals surface area (Å²) in [7, 11) is 0. The zero-order chi connectivity index (χ0) is 29.4. The number of benzene rings is 2. The number of hydrogen-bond acceptors (Lipinski definition) is 13. The summed E-state index contributed by atoms with van der Waals surface area (Å²) in [5.74, 6) is -3.45. The molecule has 1 aliphatic rings. The molecule has 2 aromatic rings. The van der Waals surface area contributed by atoms with Gasteiger partial charge in [-0.05, 0) is 47.9 Å². The van der Waals surface area contributed by atoms with Gasteiger partial charge >= 0.3 is 11.9 Å². The van der Waals surface area contributed by atoms with E-state index in [2.05, 4.69) is 0 Å². The van der Waals surface area contributed by atoms with E-state index < -0.39 is 60.8 Å². The highest BCUT2D eigenvalue weighted by Crippen LogP contribution is 2.30. The summed E-state index contributed by atoms with van der Waals surface area (Å²) in [6.07, 6.45) is -6.74. The zero-order valence-electron chi connectivity index (χ0n) is 21.5. The van der Waals surface area contributed by atoms with Gasteiger partial charge in [-0.1, -0.05) is 18.2 Å². The standard InChI is InChI=1S/C27H32O13/c1-14(6-7-28)13-37-27-26(40-23(35)11-16-3-5-18(31)20(33)9-16)25(24(36)21(12-29)38-27)39-22(34)10-15-2-4-17(30)19(32)8-15/h2-6,8-9,21,24-33,36H,7,10-13H2,1H3. The van der Waals surface area contributed by atoms with Crippen molar-refractivity contribution in [2.24, 2.45) is 0 Å². The molecule has 2 aromatic carbocycles. The maximum absolute atomic E-state index is 12.9. The fraction of sp³-hybridized carbons (Fsp3) is 0.407. The number of aliphatic hydroxyl groups excluding tert-OH is 3. The molecule has 0 saturated carbocycles. The van der Waals surface area contributed by atoms with Crippen molar-refractivity contribution < 1.29 is 64.3 Å². The number of aromatic hydroxyl groups is 4. The zero-order valence-corrected chi connectivity index (χ0v) is 21.5. The molecule has 3 rings (SSSR count). The number of hydrogen-bond donors (Lipinski definition) is 7. The lowest BCUT2D eigenvalue weighted by Gasteiger charge is -2.42. The summed E-state index contributed by atoms with van der Waals surface area (Å²) in [5.41, 5.74) is 1.15. The number of rotatable bonds is 11. The van der Waals surface area contributed by atoms with Crippen LogP contribution < -0.4 is 0 Å². The highest BCUT2D eigenvalue weighted by atomic mass is 16.7. The van der Waals surface area contributed by atoms with E-state index >= 15 is 0 Å². The fourth-order valence-electron chi connectivity index (χ4n) is 3.94. The second kappa shape index (κ2) is 14.0. The van der Waals surface area contributed by atoms with Gasteiger partial charge in [-0.2, -0.15) is 0 Å². The lowest BCUT2D eigenvalue weighted by molar-refractivity contribution is -0.304. The Morgan fingerprint density at radius 1 is 0.850 bits per heavy atom. The van der Waals surface area contributed by atoms with Crippen molar-refractivity contribution in [3.8, 4) is 23.0 Å². The number of aliphatic hydroxyl groups is 3. The number of carbonyl (C=O) groups excluding carboxylic acids is 2. The van der Waals surface area contributed by atoms with Crippen LogP contribution >= 0.6 is 0 Å². The van der Waals surface area contributed by atoms with Gasteiger partial charge in [-0.15, -0.1) is 0 Å². The van der Waals surface area contributed by atoms with Crippen LogP contribution in [0.5, 0.6) is 23.0 Å². The number of phenols is 4. The van der Waals surface area contributed by atoms with E-state index in [-0.39, 0.29) is 48.7 Å². The molecule has 5 atom stereocenters. The molecular weight excluding hydrogens is 532 g/mol. The monoisotopic (exact) mass is 564 g/mol. The predicted octanol–water partition coefficient (Wildman–Crippen LogP) is 0.151. The normalized spacial score (nSPS) is 23.0. The van der Waals surface area contributed by atoms with Crippen LogP contribution in [0, 0.1) is 0 Å². The number of phenolic OH excluding ortho intramolecular Hbond substituents is 4. The Morgan fingerprint density at radius 3 is 1.85 bits per heavy atom. The lowest BCUT2D eigenvalue weighted by Crippen LogP contribution is -2.62. The molecule has 1 fully saturated rings. The topological polar surface area (TPSA) is 213 Å². The van der Waals surface area contributed by atoms with Gasteiger partial charge in [-0.3, -0.25) is 9.59 Å². The van der Waals surface area contributed by atoms with E-state index in [1.165, 1.54) is 30.3 Å². The second-order valence-electron chi connectivity index (χ2n) is 9.17. The molecule has 1 heterocycles. The van der Waals surface area contributed by atoms with Crippen LogP contribution in [0.1, 0.15) is 18.1 Å². The van der Waals surface area contributed by atoms with Crippen molar-refractivity contribution >= 4 is 11.9 Å². The van der Waals surface area contributed by atoms with Gasteiger partial charge in [-0.25, -0.2) is 0 Å². The van der Waals surface area contributed by atoms with E-state index in [0.29, 0.717) is 5.57 Å². The number of esters is 2. The Balaban J connectivity index is 1.84. The van der Waals surface area contributed by atoms with Crippen LogP contribution in [-0.2, 0) is 41.4 Å². The van der Waals surface area contributed by atoms with Gasteiger partial charge in [0.15, 0.2) is 41.5 Å². The maximum Gasteiger partial charge on any atom is 0.310 e. The van der Waals surface area contributed by atoms with Gasteiger partial charge < -0.3 is 54.7 Å². The highest BCUT2D eigenvalue weighted by molar-refractivity contribution is 5.74. The van der Waals surface area contributed by atoms with Gasteiger partial charge in [0, 0.05) is 0 Å². The molecule has 13 heteroatoms. The van der Waals surface area contributed by atoms with Crippen LogP contribution in [0.4, 0.5) is 0 Å². The number of ether oxygens (including phenoxy) is 4. The van der Waals surface area contributed by atoms with E-state index in [1.54, 1.807) is 6.92 Å². The molecule has 1 aliphatic heterocycles. The first kappa shape index (κ1) is 30.7. The first-order valence-electron chi connectivity index (χ1n) is 12.3. The summed E-state index contributed by atoms with van der Waals surface area (Å²) in [6.45, 7) is 0.594. The molecule has 0 amide bonds. The van der Waals surface area contributed by atoms with Gasteiger partial charge in [0.25, 0.3) is 0 Å². The van der Waals surface area contributed by atoms with Gasteiger partial charge in [0.1, 0.15) is 12.2 Å². The summed E-state index contributed by atoms with van der Waals surface area (Å²) < 4.78 is 22.4. The number of carbonyl (C=O) groups is 2. The molecule has 13 nitrogen and oxygen atoms in total. The molecule has 0 spiro atoms. The van der Waals surface area contributed by atoms with Gasteiger partial charge in [0.05, 0.1) is 32.7 Å². The smallest absolute Gasteiger partial charge is 0.310 e. The minimum Gasteiger partial charge on any atom is -0.504 e. The van der Waals surface area contributed by atoms with Crippen LogP contribution in [-0.4, -0.2) is 98.2 Å². The van der Waals surface area contributed by atoms with Crippen molar-refractivity contribution in [2.75, 3.05) is 19.8 Å². The predicted molar refractivity (Wildman–Crippen MR) is 135 cm³/mol. The molecular formula is C27H32O13. The Labute approximate surface area is 229 Å². The van der Waals surface area contributed by atoms with E-state index in [1.807, 2.05) is 0 Å². The maximum atomic E-state index is 12.9. The molecule has 1 saturated heterocycles. The Hall–Kier alpha value is -3.88. The van der Waals surface area contributed by atoms with E-state index in [0.717, 1.165) is 12.1 Å². The minimum absolute atomic E-state index is 0.104. The molecule has 40 heavy (non-hydrogen) atoms. The van der Waals surface area contributed by atoms with Crippen molar-refractivity contribution in [1.82, 2.24) is 0 Å². The first-order valence-corrected chi connectivity index (χ1v) is 12.3. The van der Waals surface area contributed by atoms with Gasteiger partial charge in [0.2, 0.25) is 0 Å². The molecule has 0 radical (unpaired) electrons. The average Bonchev–Trinajstić information content (AvgIpc) is 2.90. The fourth-order valence-corrected chi connectivity index (χ4v) is 3.94. The third-order valence-electron chi connectivity index (χ3n) is 6.03. The molecule has 0 bridgehead atoms. The average molecular weight is 565 g/mol. The van der Waals surface area contributed by atoms with Crippen molar-refractivity contribution in [3.63, 3.8) is 0 Å². The molecule has 7 N–H and O–H groups in total. The summed E-state index contributed by atoms with van der Waals surface area (Å²) in [6, 6.07) is 7.43. The highest BCUT2D eigenvalue weighted by Gasteiger charge is 2.50. The van der Waals surface area contributed by atoms with Crippen molar-refractivity contribution in [1.29, 1.82) is 0 Å². The Morgan fingerprint density at radius 2 is 1.38 bits per heavy atom. The third-order valence-corrected chi connectivity index (χ3v) is 6.03. The molecule has 218 valence electrons. The summed E-state index contributed by atoms with van der Waals surface area (Å²) in [5, 5.41) is 68.2. The minimum atomic E-state index is -1.65. The molecule has 0 aromatic heterocycles. The SMILES string of the molecule is CC(=CCO)COC1OC(CO)C(O)C(OC(=O)Cc2ccc(O)c(O)c2)C1OC(=O)Cc1ccc(O)c(O)c1. The molecule has 5 unspecified atom stereocenters. The summed E-state index contributed by atoms with van der Waals surface area (Å²) in [4.78, 5) is 25.7. The quantitative estimate of drug-likeness (QED) is 0.110. The van der Waals surface area contributed by atoms with Crippen molar-refractivity contribution in [2.45, 2.75) is 50.5 Å². The third kappa shape index (κ3) is 8.07. The summed E-state index contributed by atoms with van der Waals surface area (Å²) >= 11 is 0.